The Morgan fingerprint density at radius 1 is 1.32 bits per heavy atom. The van der Waals surface area contributed by atoms with Gasteiger partial charge in [-0.25, -0.2) is 9.97 Å². The predicted molar refractivity (Wildman–Crippen MR) is 85.2 cm³/mol. The summed E-state index contributed by atoms with van der Waals surface area (Å²) >= 11 is 0. The molecule has 0 aromatic carbocycles. The fourth-order valence-electron chi connectivity index (χ4n) is 3.07. The third-order valence-corrected chi connectivity index (χ3v) is 4.38. The molecular formula is C16H26N4O2. The largest absolute Gasteiger partial charge is 0.474 e. The monoisotopic (exact) mass is 306 g/mol. The number of ether oxygens (including phenoxy) is 2. The van der Waals surface area contributed by atoms with E-state index in [1.54, 1.807) is 6.33 Å². The molecule has 0 amide bonds. The van der Waals surface area contributed by atoms with Crippen molar-refractivity contribution < 1.29 is 9.47 Å². The van der Waals surface area contributed by atoms with E-state index < -0.39 is 0 Å². The van der Waals surface area contributed by atoms with Gasteiger partial charge in [0.25, 0.3) is 0 Å². The Labute approximate surface area is 132 Å². The number of hydrogen-bond donors (Lipinski definition) is 2. The molecule has 0 radical (unpaired) electrons. The molecule has 0 unspecified atom stereocenters. The van der Waals surface area contributed by atoms with Gasteiger partial charge in [0, 0.05) is 31.5 Å². The standard InChI is InChI=1S/C16H26N4O2/c1-12-2-5-17-13(8-12)10-18-15-9-16(20-11-19-15)22-14-3-6-21-7-4-14/h9,11-14,17H,2-8,10H2,1H3,(H,18,19,20)/t12-,13+/m1/s1. The van der Waals surface area contributed by atoms with Gasteiger partial charge in [0.05, 0.1) is 13.2 Å². The molecule has 1 aromatic rings. The molecule has 22 heavy (non-hydrogen) atoms. The third-order valence-electron chi connectivity index (χ3n) is 4.38. The quantitative estimate of drug-likeness (QED) is 0.865. The number of nitrogens with one attached hydrogen (secondary N) is 2. The van der Waals surface area contributed by atoms with E-state index in [4.69, 9.17) is 9.47 Å². The Morgan fingerprint density at radius 2 is 2.18 bits per heavy atom. The molecule has 0 saturated carbocycles. The second-order valence-corrected chi connectivity index (χ2v) is 6.33. The zero-order valence-electron chi connectivity index (χ0n) is 13.3. The van der Waals surface area contributed by atoms with Crippen LogP contribution in [0.25, 0.3) is 0 Å². The topological polar surface area (TPSA) is 68.3 Å². The number of nitrogens with zero attached hydrogens (tertiary/aromatic N) is 2. The van der Waals surface area contributed by atoms with E-state index in [2.05, 4.69) is 27.5 Å². The van der Waals surface area contributed by atoms with Crippen LogP contribution in [0.2, 0.25) is 0 Å². The van der Waals surface area contributed by atoms with E-state index in [0.717, 1.165) is 50.9 Å². The molecule has 3 heterocycles. The molecule has 2 atom stereocenters. The first-order chi connectivity index (χ1) is 10.8. The van der Waals surface area contributed by atoms with Gasteiger partial charge in [0.2, 0.25) is 5.88 Å². The van der Waals surface area contributed by atoms with Gasteiger partial charge < -0.3 is 20.1 Å². The second kappa shape index (κ2) is 7.74. The lowest BCUT2D eigenvalue weighted by Gasteiger charge is -2.28. The lowest BCUT2D eigenvalue weighted by atomic mass is 9.94. The summed E-state index contributed by atoms with van der Waals surface area (Å²) in [5, 5.41) is 6.94. The van der Waals surface area contributed by atoms with E-state index in [0.29, 0.717) is 11.9 Å². The molecule has 0 spiro atoms. The first kappa shape index (κ1) is 15.5. The van der Waals surface area contributed by atoms with Crippen LogP contribution >= 0.6 is 0 Å². The zero-order valence-corrected chi connectivity index (χ0v) is 13.3. The number of hydrogen-bond acceptors (Lipinski definition) is 6. The number of piperidine rings is 1. The maximum atomic E-state index is 5.92. The van der Waals surface area contributed by atoms with Gasteiger partial charge >= 0.3 is 0 Å². The fraction of sp³-hybridized carbons (Fsp3) is 0.750. The van der Waals surface area contributed by atoms with Gasteiger partial charge in [0.15, 0.2) is 0 Å². The highest BCUT2D eigenvalue weighted by Crippen LogP contribution is 2.19. The molecule has 6 heteroatoms. The summed E-state index contributed by atoms with van der Waals surface area (Å²) in [4.78, 5) is 8.49. The lowest BCUT2D eigenvalue weighted by Crippen LogP contribution is -2.41. The highest BCUT2D eigenvalue weighted by Gasteiger charge is 2.18. The average Bonchev–Trinajstić information content (AvgIpc) is 2.54. The summed E-state index contributed by atoms with van der Waals surface area (Å²) in [5.41, 5.74) is 0. The van der Waals surface area contributed by atoms with E-state index in [9.17, 15) is 0 Å². The van der Waals surface area contributed by atoms with Gasteiger partial charge in [0.1, 0.15) is 18.2 Å². The van der Waals surface area contributed by atoms with E-state index in [-0.39, 0.29) is 6.10 Å². The summed E-state index contributed by atoms with van der Waals surface area (Å²) in [6.45, 7) is 5.85. The van der Waals surface area contributed by atoms with Crippen molar-refractivity contribution in [3.63, 3.8) is 0 Å². The number of anilines is 1. The SMILES string of the molecule is C[C@@H]1CCN[C@H](CNc2cc(OC3CCOCC3)ncn2)C1. The van der Waals surface area contributed by atoms with Gasteiger partial charge in [-0.2, -0.15) is 0 Å². The van der Waals surface area contributed by atoms with Gasteiger partial charge in [-0.15, -0.1) is 0 Å². The van der Waals surface area contributed by atoms with Crippen LogP contribution in [0.5, 0.6) is 5.88 Å². The van der Waals surface area contributed by atoms with Crippen molar-refractivity contribution in [2.45, 2.75) is 44.8 Å². The molecule has 122 valence electrons. The van der Waals surface area contributed by atoms with Crippen molar-refractivity contribution in [1.29, 1.82) is 0 Å². The maximum Gasteiger partial charge on any atom is 0.218 e. The highest BCUT2D eigenvalue weighted by atomic mass is 16.5. The Hall–Kier alpha value is -1.40. The van der Waals surface area contributed by atoms with Crippen molar-refractivity contribution in [1.82, 2.24) is 15.3 Å². The number of aromatic nitrogens is 2. The zero-order chi connectivity index (χ0) is 15.2. The Morgan fingerprint density at radius 3 is 3.00 bits per heavy atom. The van der Waals surface area contributed by atoms with Crippen molar-refractivity contribution in [3.05, 3.63) is 12.4 Å². The van der Waals surface area contributed by atoms with Crippen LogP contribution in [-0.2, 0) is 4.74 Å². The van der Waals surface area contributed by atoms with E-state index in [1.165, 1.54) is 12.8 Å². The van der Waals surface area contributed by atoms with Crippen LogP contribution in [0.3, 0.4) is 0 Å². The van der Waals surface area contributed by atoms with Crippen molar-refractivity contribution in [2.75, 3.05) is 31.6 Å². The minimum Gasteiger partial charge on any atom is -0.474 e. The van der Waals surface area contributed by atoms with E-state index in [1.807, 2.05) is 6.07 Å². The molecule has 2 aliphatic rings. The first-order valence-corrected chi connectivity index (χ1v) is 8.33. The van der Waals surface area contributed by atoms with Crippen LogP contribution < -0.4 is 15.4 Å². The normalized spacial score (nSPS) is 26.6. The first-order valence-electron chi connectivity index (χ1n) is 8.33. The third kappa shape index (κ3) is 4.55. The fourth-order valence-corrected chi connectivity index (χ4v) is 3.07. The van der Waals surface area contributed by atoms with Crippen LogP contribution in [-0.4, -0.2) is 48.4 Å². The predicted octanol–water partition coefficient (Wildman–Crippen LogP) is 1.83. The minimum absolute atomic E-state index is 0.206. The molecule has 2 fully saturated rings. The maximum absolute atomic E-state index is 5.92. The van der Waals surface area contributed by atoms with Crippen LogP contribution in [0.4, 0.5) is 5.82 Å². The summed E-state index contributed by atoms with van der Waals surface area (Å²) in [6, 6.07) is 2.40. The summed E-state index contributed by atoms with van der Waals surface area (Å²) in [6.07, 6.45) is 6.11. The molecule has 3 rings (SSSR count). The molecule has 2 N–H and O–H groups in total. The van der Waals surface area contributed by atoms with Crippen molar-refractivity contribution >= 4 is 5.82 Å². The summed E-state index contributed by atoms with van der Waals surface area (Å²) < 4.78 is 11.3. The van der Waals surface area contributed by atoms with Gasteiger partial charge in [-0.05, 0) is 25.3 Å². The van der Waals surface area contributed by atoms with Crippen LogP contribution in [0.1, 0.15) is 32.6 Å². The Kier molecular flexibility index (Phi) is 5.45. The smallest absolute Gasteiger partial charge is 0.218 e. The highest BCUT2D eigenvalue weighted by molar-refractivity contribution is 5.37. The molecule has 0 aliphatic carbocycles. The van der Waals surface area contributed by atoms with Crippen molar-refractivity contribution in [3.8, 4) is 5.88 Å². The van der Waals surface area contributed by atoms with Gasteiger partial charge in [-0.1, -0.05) is 6.92 Å². The van der Waals surface area contributed by atoms with Crippen LogP contribution in [0, 0.1) is 5.92 Å². The van der Waals surface area contributed by atoms with Gasteiger partial charge in [-0.3, -0.25) is 0 Å². The van der Waals surface area contributed by atoms with Crippen LogP contribution in [0.15, 0.2) is 12.4 Å². The van der Waals surface area contributed by atoms with E-state index >= 15 is 0 Å². The summed E-state index contributed by atoms with van der Waals surface area (Å²) in [5.74, 6) is 2.28. The van der Waals surface area contributed by atoms with Crippen molar-refractivity contribution in [2.24, 2.45) is 5.92 Å². The Bertz CT molecular complexity index is 465. The molecule has 0 bridgehead atoms. The average molecular weight is 306 g/mol. The summed E-state index contributed by atoms with van der Waals surface area (Å²) in [7, 11) is 0. The minimum atomic E-state index is 0.206. The Balaban J connectivity index is 1.50. The lowest BCUT2D eigenvalue weighted by molar-refractivity contribution is 0.0237. The molecule has 1 aromatic heterocycles. The second-order valence-electron chi connectivity index (χ2n) is 6.33. The molecular weight excluding hydrogens is 280 g/mol. The molecule has 2 saturated heterocycles. The molecule has 2 aliphatic heterocycles. The molecule has 6 nitrogen and oxygen atoms in total. The number of rotatable bonds is 5.